The van der Waals surface area contributed by atoms with E-state index in [4.69, 9.17) is 0 Å². The lowest BCUT2D eigenvalue weighted by molar-refractivity contribution is 0.121. The molecule has 2 aromatic rings. The molecule has 0 amide bonds. The second-order valence-corrected chi connectivity index (χ2v) is 7.31. The van der Waals surface area contributed by atoms with Gasteiger partial charge < -0.3 is 0 Å². The Labute approximate surface area is 133 Å². The number of aryl methyl sites for hydroxylation is 1. The molecule has 0 N–H and O–H groups in total. The molecule has 3 rings (SSSR count). The molecule has 23 heavy (non-hydrogen) atoms. The third kappa shape index (κ3) is 3.21. The summed E-state index contributed by atoms with van der Waals surface area (Å²) in [5.41, 5.74) is 1.64. The number of rotatable bonds is 4. The maximum Gasteiger partial charge on any atom is 0.267 e. The van der Waals surface area contributed by atoms with Gasteiger partial charge in [-0.05, 0) is 30.9 Å². The molecule has 0 saturated heterocycles. The molecule has 0 aliphatic carbocycles. The Hall–Kier alpha value is -1.96. The van der Waals surface area contributed by atoms with Crippen LogP contribution in [-0.2, 0) is 23.0 Å². The zero-order valence-electron chi connectivity index (χ0n) is 12.4. The molecule has 1 aromatic heterocycles. The van der Waals surface area contributed by atoms with Gasteiger partial charge in [-0.15, -0.1) is 0 Å². The first-order valence-corrected chi connectivity index (χ1v) is 8.84. The van der Waals surface area contributed by atoms with Crippen molar-refractivity contribution in [3.05, 3.63) is 42.2 Å². The maximum absolute atomic E-state index is 12.9. The minimum absolute atomic E-state index is 0.0603. The van der Waals surface area contributed by atoms with Crippen molar-refractivity contribution in [1.82, 2.24) is 9.78 Å². The van der Waals surface area contributed by atoms with Gasteiger partial charge in [0, 0.05) is 12.7 Å². The van der Waals surface area contributed by atoms with Crippen molar-refractivity contribution in [2.24, 2.45) is 0 Å². The highest BCUT2D eigenvalue weighted by Crippen LogP contribution is 2.30. The predicted molar refractivity (Wildman–Crippen MR) is 82.1 cm³/mol. The molecule has 2 heterocycles. The number of para-hydroxylation sites is 1. The van der Waals surface area contributed by atoms with E-state index in [9.17, 15) is 17.2 Å². The smallest absolute Gasteiger partial charge is 0.266 e. The van der Waals surface area contributed by atoms with Gasteiger partial charge in [-0.25, -0.2) is 17.2 Å². The van der Waals surface area contributed by atoms with Crippen molar-refractivity contribution in [2.75, 3.05) is 10.8 Å². The number of sulfonamides is 1. The minimum Gasteiger partial charge on any atom is -0.266 e. The van der Waals surface area contributed by atoms with E-state index in [1.807, 2.05) is 12.1 Å². The summed E-state index contributed by atoms with van der Waals surface area (Å²) in [5.74, 6) is 0. The molecule has 0 spiro atoms. The Kier molecular flexibility index (Phi) is 4.34. The Balaban J connectivity index is 1.97. The van der Waals surface area contributed by atoms with Gasteiger partial charge in [0.2, 0.25) is 0 Å². The highest BCUT2D eigenvalue weighted by Gasteiger charge is 2.29. The van der Waals surface area contributed by atoms with Crippen LogP contribution in [0.2, 0.25) is 0 Å². The molecular weight excluding hydrogens is 324 g/mol. The molecule has 0 unspecified atom stereocenters. The molecule has 0 fully saturated rings. The van der Waals surface area contributed by atoms with E-state index in [-0.39, 0.29) is 4.90 Å². The topological polar surface area (TPSA) is 55.2 Å². The quantitative estimate of drug-likeness (QED) is 0.859. The SMILES string of the molecule is O=S(=O)(c1cnn(CC(F)F)c1)N1CCCCc2ccccc21. The van der Waals surface area contributed by atoms with Crippen LogP contribution in [0.3, 0.4) is 0 Å². The number of benzene rings is 1. The Morgan fingerprint density at radius 2 is 2.00 bits per heavy atom. The van der Waals surface area contributed by atoms with Crippen LogP contribution in [0.1, 0.15) is 18.4 Å². The van der Waals surface area contributed by atoms with Gasteiger partial charge in [-0.2, -0.15) is 5.10 Å². The van der Waals surface area contributed by atoms with Gasteiger partial charge in [0.15, 0.2) is 0 Å². The van der Waals surface area contributed by atoms with Crippen LogP contribution >= 0.6 is 0 Å². The summed E-state index contributed by atoms with van der Waals surface area (Å²) in [6.07, 6.45) is 2.20. The fourth-order valence-corrected chi connectivity index (χ4v) is 4.25. The van der Waals surface area contributed by atoms with E-state index in [1.165, 1.54) is 4.31 Å². The number of fused-ring (bicyclic) bond motifs is 1. The third-order valence-corrected chi connectivity index (χ3v) is 5.61. The summed E-state index contributed by atoms with van der Waals surface area (Å²) in [6, 6.07) is 7.38. The standard InChI is InChI=1S/C15H17F2N3O2S/c16-15(17)11-19-10-13(9-18-19)23(21,22)20-8-4-3-6-12-5-1-2-7-14(12)20/h1-2,5,7,9-10,15H,3-4,6,8,11H2. The van der Waals surface area contributed by atoms with Crippen molar-refractivity contribution in [3.8, 4) is 0 Å². The fourth-order valence-electron chi connectivity index (χ4n) is 2.75. The van der Waals surface area contributed by atoms with Gasteiger partial charge in [0.05, 0.1) is 11.9 Å². The highest BCUT2D eigenvalue weighted by molar-refractivity contribution is 7.92. The fraction of sp³-hybridized carbons (Fsp3) is 0.400. The van der Waals surface area contributed by atoms with Crippen LogP contribution < -0.4 is 4.31 Å². The van der Waals surface area contributed by atoms with Crippen molar-refractivity contribution >= 4 is 15.7 Å². The largest absolute Gasteiger partial charge is 0.267 e. The summed E-state index contributed by atoms with van der Waals surface area (Å²) < 4.78 is 52.9. The first-order chi connectivity index (χ1) is 11.0. The Bertz CT molecular complexity index is 790. The van der Waals surface area contributed by atoms with E-state index in [0.29, 0.717) is 12.2 Å². The summed E-state index contributed by atoms with van der Waals surface area (Å²) in [6.45, 7) is -0.245. The van der Waals surface area contributed by atoms with Crippen molar-refractivity contribution in [3.63, 3.8) is 0 Å². The molecular formula is C15H17F2N3O2S. The van der Waals surface area contributed by atoms with Gasteiger partial charge in [-0.3, -0.25) is 8.99 Å². The van der Waals surface area contributed by atoms with Crippen LogP contribution in [-0.4, -0.2) is 31.2 Å². The average Bonchev–Trinajstić information content (AvgIpc) is 2.85. The lowest BCUT2D eigenvalue weighted by Gasteiger charge is -2.23. The Morgan fingerprint density at radius 1 is 1.22 bits per heavy atom. The first-order valence-electron chi connectivity index (χ1n) is 7.40. The van der Waals surface area contributed by atoms with Gasteiger partial charge in [0.25, 0.3) is 16.4 Å². The van der Waals surface area contributed by atoms with E-state index in [1.54, 1.807) is 12.1 Å². The molecule has 8 heteroatoms. The molecule has 0 radical (unpaired) electrons. The van der Waals surface area contributed by atoms with Crippen LogP contribution in [0.15, 0.2) is 41.6 Å². The summed E-state index contributed by atoms with van der Waals surface area (Å²) in [4.78, 5) is -0.0603. The van der Waals surface area contributed by atoms with Crippen LogP contribution in [0, 0.1) is 0 Å². The number of alkyl halides is 2. The van der Waals surface area contributed by atoms with Gasteiger partial charge in [-0.1, -0.05) is 18.2 Å². The van der Waals surface area contributed by atoms with E-state index >= 15 is 0 Å². The molecule has 0 bridgehead atoms. The number of anilines is 1. The molecule has 5 nitrogen and oxygen atoms in total. The predicted octanol–water partition coefficient (Wildman–Crippen LogP) is 2.68. The molecule has 124 valence electrons. The molecule has 0 saturated carbocycles. The van der Waals surface area contributed by atoms with Crippen LogP contribution in [0.25, 0.3) is 0 Å². The highest BCUT2D eigenvalue weighted by atomic mass is 32.2. The Morgan fingerprint density at radius 3 is 2.78 bits per heavy atom. The summed E-state index contributed by atoms with van der Waals surface area (Å²) in [5, 5.41) is 3.73. The molecule has 1 aliphatic rings. The van der Waals surface area contributed by atoms with E-state index < -0.39 is 23.0 Å². The number of halogens is 2. The average molecular weight is 341 g/mol. The van der Waals surface area contributed by atoms with Gasteiger partial charge >= 0.3 is 0 Å². The number of hydrogen-bond donors (Lipinski definition) is 0. The lowest BCUT2D eigenvalue weighted by atomic mass is 10.1. The minimum atomic E-state index is -3.81. The zero-order valence-corrected chi connectivity index (χ0v) is 13.2. The number of hydrogen-bond acceptors (Lipinski definition) is 3. The maximum atomic E-state index is 12.9. The first kappa shape index (κ1) is 15.9. The summed E-state index contributed by atoms with van der Waals surface area (Å²) >= 11 is 0. The summed E-state index contributed by atoms with van der Waals surface area (Å²) in [7, 11) is -3.81. The van der Waals surface area contributed by atoms with Crippen molar-refractivity contribution < 1.29 is 17.2 Å². The lowest BCUT2D eigenvalue weighted by Crippen LogP contribution is -2.31. The van der Waals surface area contributed by atoms with Gasteiger partial charge in [0.1, 0.15) is 11.4 Å². The van der Waals surface area contributed by atoms with Crippen molar-refractivity contribution in [2.45, 2.75) is 37.1 Å². The van der Waals surface area contributed by atoms with E-state index in [2.05, 4.69) is 5.10 Å². The molecule has 0 atom stereocenters. The normalized spacial score (nSPS) is 15.5. The second kappa shape index (κ2) is 6.27. The molecule has 1 aliphatic heterocycles. The molecule has 1 aromatic carbocycles. The van der Waals surface area contributed by atoms with Crippen LogP contribution in [0.4, 0.5) is 14.5 Å². The zero-order chi connectivity index (χ0) is 16.4. The van der Waals surface area contributed by atoms with Crippen LogP contribution in [0.5, 0.6) is 0 Å². The third-order valence-electron chi connectivity index (χ3n) is 3.84. The number of nitrogens with zero attached hydrogens (tertiary/aromatic N) is 3. The monoisotopic (exact) mass is 341 g/mol. The van der Waals surface area contributed by atoms with E-state index in [0.717, 1.165) is 41.9 Å². The van der Waals surface area contributed by atoms with Crippen molar-refractivity contribution in [1.29, 1.82) is 0 Å². The second-order valence-electron chi connectivity index (χ2n) is 5.45. The number of aromatic nitrogens is 2.